The second-order valence-corrected chi connectivity index (χ2v) is 7.06. The molecule has 1 fully saturated rings. The Morgan fingerprint density at radius 3 is 1.56 bits per heavy atom. The average Bonchev–Trinajstić information content (AvgIpc) is 3.34. The highest BCUT2D eigenvalue weighted by atomic mass is 14.5. The van der Waals surface area contributed by atoms with E-state index in [0.29, 0.717) is 11.8 Å². The Labute approximate surface area is 150 Å². The zero-order valence-corrected chi connectivity index (χ0v) is 14.7. The summed E-state index contributed by atoms with van der Waals surface area (Å²) in [4.78, 5) is 0. The maximum atomic E-state index is 2.38. The van der Waals surface area contributed by atoms with Crippen LogP contribution in [0.25, 0.3) is 0 Å². The van der Waals surface area contributed by atoms with Crippen LogP contribution in [0.5, 0.6) is 0 Å². The molecule has 0 aromatic heterocycles. The van der Waals surface area contributed by atoms with Gasteiger partial charge in [0.15, 0.2) is 0 Å². The standard InChI is InChI=1S/C25H24/c1-19-24(22-15-9-4-10-16-22)25(19)23(17-20-11-5-2-6-12-20)18-21-13-7-3-8-14-21/h2-16,19,24H,17-18H2,1H3/t19-,24+/m1/s1. The molecule has 4 rings (SSSR count). The minimum absolute atomic E-state index is 0.601. The highest BCUT2D eigenvalue weighted by Gasteiger charge is 2.42. The molecule has 0 N–H and O–H groups in total. The summed E-state index contributed by atoms with van der Waals surface area (Å²) < 4.78 is 0. The Morgan fingerprint density at radius 2 is 1.08 bits per heavy atom. The fourth-order valence-electron chi connectivity index (χ4n) is 4.02. The summed E-state index contributed by atoms with van der Waals surface area (Å²) in [6.07, 6.45) is 2.11. The molecule has 124 valence electrons. The van der Waals surface area contributed by atoms with Gasteiger partial charge >= 0.3 is 0 Å². The van der Waals surface area contributed by atoms with Crippen LogP contribution in [0.3, 0.4) is 0 Å². The van der Waals surface area contributed by atoms with Crippen LogP contribution in [0.15, 0.2) is 102 Å². The number of hydrogen-bond acceptors (Lipinski definition) is 0. The van der Waals surface area contributed by atoms with E-state index in [1.807, 2.05) is 0 Å². The molecule has 0 spiro atoms. The molecule has 3 aromatic carbocycles. The van der Waals surface area contributed by atoms with Gasteiger partial charge in [-0.3, -0.25) is 0 Å². The lowest BCUT2D eigenvalue weighted by molar-refractivity contribution is 0.918. The van der Waals surface area contributed by atoms with E-state index in [9.17, 15) is 0 Å². The summed E-state index contributed by atoms with van der Waals surface area (Å²) in [7, 11) is 0. The second-order valence-electron chi connectivity index (χ2n) is 7.06. The van der Waals surface area contributed by atoms with Gasteiger partial charge in [-0.2, -0.15) is 0 Å². The predicted octanol–water partition coefficient (Wildman–Crippen LogP) is 6.20. The lowest BCUT2D eigenvalue weighted by Gasteiger charge is -2.09. The summed E-state index contributed by atoms with van der Waals surface area (Å²) >= 11 is 0. The van der Waals surface area contributed by atoms with Gasteiger partial charge < -0.3 is 0 Å². The highest BCUT2D eigenvalue weighted by molar-refractivity contribution is 5.49. The first kappa shape index (κ1) is 15.9. The lowest BCUT2D eigenvalue weighted by Crippen LogP contribution is -1.97. The quantitative estimate of drug-likeness (QED) is 0.490. The van der Waals surface area contributed by atoms with E-state index in [0.717, 1.165) is 12.8 Å². The van der Waals surface area contributed by atoms with Crippen LogP contribution in [0.1, 0.15) is 29.5 Å². The number of rotatable bonds is 5. The number of hydrogen-bond donors (Lipinski definition) is 0. The van der Waals surface area contributed by atoms with E-state index in [-0.39, 0.29) is 0 Å². The average molecular weight is 324 g/mol. The maximum absolute atomic E-state index is 2.38. The van der Waals surface area contributed by atoms with E-state index in [1.165, 1.54) is 16.7 Å². The van der Waals surface area contributed by atoms with Crippen molar-refractivity contribution in [2.24, 2.45) is 5.92 Å². The molecular weight excluding hydrogens is 300 g/mol. The highest BCUT2D eigenvalue weighted by Crippen LogP contribution is 2.55. The van der Waals surface area contributed by atoms with Crippen molar-refractivity contribution in [3.63, 3.8) is 0 Å². The monoisotopic (exact) mass is 324 g/mol. The fraction of sp³-hybridized carbons (Fsp3) is 0.200. The first-order valence-electron chi connectivity index (χ1n) is 9.17. The van der Waals surface area contributed by atoms with Crippen molar-refractivity contribution in [1.29, 1.82) is 0 Å². The minimum Gasteiger partial charge on any atom is -0.0622 e. The Hall–Kier alpha value is -2.60. The molecule has 0 heterocycles. The molecule has 3 aromatic rings. The van der Waals surface area contributed by atoms with Crippen LogP contribution in [0.4, 0.5) is 0 Å². The zero-order valence-electron chi connectivity index (χ0n) is 14.7. The van der Waals surface area contributed by atoms with Crippen LogP contribution in [-0.2, 0) is 12.8 Å². The fourth-order valence-corrected chi connectivity index (χ4v) is 4.02. The number of allylic oxidation sites excluding steroid dienone is 2. The Morgan fingerprint density at radius 1 is 0.640 bits per heavy atom. The van der Waals surface area contributed by atoms with Crippen LogP contribution >= 0.6 is 0 Å². The summed E-state index contributed by atoms with van der Waals surface area (Å²) in [6.45, 7) is 2.38. The molecule has 0 aliphatic heterocycles. The molecule has 1 aliphatic rings. The van der Waals surface area contributed by atoms with Gasteiger partial charge in [-0.15, -0.1) is 0 Å². The van der Waals surface area contributed by atoms with E-state index in [4.69, 9.17) is 0 Å². The van der Waals surface area contributed by atoms with Crippen molar-refractivity contribution in [2.75, 3.05) is 0 Å². The van der Waals surface area contributed by atoms with Crippen molar-refractivity contribution in [1.82, 2.24) is 0 Å². The summed E-state index contributed by atoms with van der Waals surface area (Å²) in [5, 5.41) is 0. The van der Waals surface area contributed by atoms with Crippen molar-refractivity contribution < 1.29 is 0 Å². The topological polar surface area (TPSA) is 0 Å². The first-order valence-corrected chi connectivity index (χ1v) is 9.17. The lowest BCUT2D eigenvalue weighted by atomic mass is 9.96. The van der Waals surface area contributed by atoms with Crippen LogP contribution in [0, 0.1) is 5.92 Å². The van der Waals surface area contributed by atoms with Gasteiger partial charge in [0.2, 0.25) is 0 Å². The minimum atomic E-state index is 0.601. The summed E-state index contributed by atoms with van der Waals surface area (Å²) in [5.41, 5.74) is 7.53. The van der Waals surface area contributed by atoms with Crippen LogP contribution in [0.2, 0.25) is 0 Å². The van der Waals surface area contributed by atoms with Crippen LogP contribution in [-0.4, -0.2) is 0 Å². The molecule has 0 heteroatoms. The SMILES string of the molecule is C[C@H]1C(=C(Cc2ccccc2)Cc2ccccc2)[C@@H]1c1ccccc1. The molecule has 1 aliphatic carbocycles. The summed E-state index contributed by atoms with van der Waals surface area (Å²) in [6, 6.07) is 32.7. The van der Waals surface area contributed by atoms with Gasteiger partial charge in [0.05, 0.1) is 0 Å². The third-order valence-corrected chi connectivity index (χ3v) is 5.30. The summed E-state index contributed by atoms with van der Waals surface area (Å²) in [5.74, 6) is 1.26. The Bertz CT molecular complexity index is 801. The predicted molar refractivity (Wildman–Crippen MR) is 106 cm³/mol. The van der Waals surface area contributed by atoms with E-state index in [1.54, 1.807) is 11.1 Å². The molecule has 25 heavy (non-hydrogen) atoms. The Kier molecular flexibility index (Phi) is 4.52. The van der Waals surface area contributed by atoms with Gasteiger partial charge in [0, 0.05) is 5.92 Å². The number of benzene rings is 3. The van der Waals surface area contributed by atoms with E-state index in [2.05, 4.69) is 97.9 Å². The zero-order chi connectivity index (χ0) is 17.1. The maximum Gasteiger partial charge on any atom is 0.0117 e. The normalized spacial score (nSPS) is 18.8. The van der Waals surface area contributed by atoms with Gasteiger partial charge in [-0.25, -0.2) is 0 Å². The molecule has 1 saturated carbocycles. The van der Waals surface area contributed by atoms with Crippen molar-refractivity contribution in [3.8, 4) is 0 Å². The second kappa shape index (κ2) is 7.11. The van der Waals surface area contributed by atoms with Gasteiger partial charge in [0.25, 0.3) is 0 Å². The first-order chi connectivity index (χ1) is 12.3. The largest absolute Gasteiger partial charge is 0.0622 e. The molecule has 0 amide bonds. The van der Waals surface area contributed by atoms with Crippen LogP contribution < -0.4 is 0 Å². The van der Waals surface area contributed by atoms with E-state index >= 15 is 0 Å². The van der Waals surface area contributed by atoms with Crippen molar-refractivity contribution >= 4 is 0 Å². The molecule has 0 bridgehead atoms. The molecule has 0 radical (unpaired) electrons. The van der Waals surface area contributed by atoms with Gasteiger partial charge in [-0.1, -0.05) is 109 Å². The van der Waals surface area contributed by atoms with Crippen molar-refractivity contribution in [3.05, 3.63) is 119 Å². The van der Waals surface area contributed by atoms with Gasteiger partial charge in [-0.05, 0) is 35.4 Å². The molecule has 2 atom stereocenters. The van der Waals surface area contributed by atoms with Crippen molar-refractivity contribution in [2.45, 2.75) is 25.7 Å². The molecule has 0 saturated heterocycles. The third-order valence-electron chi connectivity index (χ3n) is 5.30. The molecular formula is C25H24. The van der Waals surface area contributed by atoms with E-state index < -0.39 is 0 Å². The third kappa shape index (κ3) is 3.58. The smallest absolute Gasteiger partial charge is 0.0117 e. The molecule has 0 unspecified atom stereocenters. The molecule has 0 nitrogen and oxygen atoms in total. The van der Waals surface area contributed by atoms with Gasteiger partial charge in [0.1, 0.15) is 0 Å². The Balaban J connectivity index is 1.68.